The molecule has 0 aliphatic carbocycles. The lowest BCUT2D eigenvalue weighted by Crippen LogP contribution is -2.17. The van der Waals surface area contributed by atoms with Crippen LogP contribution >= 0.6 is 0 Å². The molecule has 0 saturated carbocycles. The van der Waals surface area contributed by atoms with Crippen LogP contribution in [0.3, 0.4) is 0 Å². The lowest BCUT2D eigenvalue weighted by Gasteiger charge is -2.17. The Labute approximate surface area is 238 Å². The summed E-state index contributed by atoms with van der Waals surface area (Å²) in [5, 5.41) is -0.191. The van der Waals surface area contributed by atoms with E-state index in [4.69, 9.17) is 18.9 Å². The molecule has 0 atom stereocenters. The van der Waals surface area contributed by atoms with Crippen molar-refractivity contribution in [3.63, 3.8) is 0 Å². The maximum atomic E-state index is 13.2. The maximum Gasteiger partial charge on any atom is 0.317 e. The summed E-state index contributed by atoms with van der Waals surface area (Å²) >= 11 is 0. The highest BCUT2D eigenvalue weighted by atomic mass is 32.2. The topological polar surface area (TPSA) is 148 Å². The highest BCUT2D eigenvalue weighted by Crippen LogP contribution is 2.40. The quantitative estimate of drug-likeness (QED) is 0.274. The van der Waals surface area contributed by atoms with Crippen molar-refractivity contribution in [1.29, 1.82) is 0 Å². The van der Waals surface area contributed by atoms with Gasteiger partial charge in [-0.3, -0.25) is 4.72 Å². The van der Waals surface area contributed by atoms with Crippen LogP contribution in [0.15, 0.2) is 53.7 Å². The van der Waals surface area contributed by atoms with Crippen LogP contribution < -0.4 is 23.7 Å². The Morgan fingerprint density at radius 2 is 1.54 bits per heavy atom. The minimum atomic E-state index is -4.13. The fourth-order valence-corrected chi connectivity index (χ4v) is 4.40. The second-order valence-electron chi connectivity index (χ2n) is 8.65. The van der Waals surface area contributed by atoms with E-state index >= 15 is 0 Å². The van der Waals surface area contributed by atoms with Gasteiger partial charge in [-0.2, -0.15) is 13.4 Å². The van der Waals surface area contributed by atoms with Crippen molar-refractivity contribution < 1.29 is 27.4 Å². The van der Waals surface area contributed by atoms with E-state index in [1.54, 1.807) is 44.2 Å². The summed E-state index contributed by atoms with van der Waals surface area (Å²) in [6.45, 7) is 7.02. The van der Waals surface area contributed by atoms with Crippen molar-refractivity contribution in [3.8, 4) is 41.0 Å². The second-order valence-corrected chi connectivity index (χ2v) is 10.3. The Kier molecular flexibility index (Phi) is 9.15. The third-order valence-electron chi connectivity index (χ3n) is 5.26. The molecule has 0 aliphatic rings. The van der Waals surface area contributed by atoms with Crippen LogP contribution in [-0.2, 0) is 10.0 Å². The van der Waals surface area contributed by atoms with E-state index in [9.17, 15) is 8.42 Å². The summed E-state index contributed by atoms with van der Waals surface area (Å²) in [4.78, 5) is 21.0. The van der Waals surface area contributed by atoms with Crippen LogP contribution in [0.25, 0.3) is 0 Å². The fourth-order valence-electron chi connectivity index (χ4n) is 3.47. The number of nitrogens with zero attached hydrogens (tertiary/aromatic N) is 5. The lowest BCUT2D eigenvalue weighted by atomic mass is 10.3. The number of para-hydroxylation sites is 2. The molecule has 0 saturated heterocycles. The molecule has 0 amide bonds. The number of aryl methyl sites for hydroxylation is 4. The summed E-state index contributed by atoms with van der Waals surface area (Å²) in [6, 6.07) is 11.9. The minimum absolute atomic E-state index is 0.0359. The Hall–Kier alpha value is -4.96. The van der Waals surface area contributed by atoms with Crippen molar-refractivity contribution in [3.05, 3.63) is 71.4 Å². The predicted molar refractivity (Wildman–Crippen MR) is 150 cm³/mol. The molecule has 41 heavy (non-hydrogen) atoms. The molecule has 4 aromatic rings. The Morgan fingerprint density at radius 1 is 0.854 bits per heavy atom. The third kappa shape index (κ3) is 7.80. The summed E-state index contributed by atoms with van der Waals surface area (Å²) < 4.78 is 51.5. The smallest absolute Gasteiger partial charge is 0.317 e. The first-order valence-corrected chi connectivity index (χ1v) is 13.8. The minimum Gasteiger partial charge on any atom is -0.493 e. The molecule has 0 fully saturated rings. The zero-order chi connectivity index (χ0) is 29.4. The molecule has 0 unspecified atom stereocenters. The molecular formula is C28H28N6O6S. The normalized spacial score (nSPS) is 10.8. The summed E-state index contributed by atoms with van der Waals surface area (Å²) in [5.41, 5.74) is 2.39. The van der Waals surface area contributed by atoms with Gasteiger partial charge >= 0.3 is 6.01 Å². The molecule has 1 aromatic carbocycles. The van der Waals surface area contributed by atoms with Crippen molar-refractivity contribution in [2.45, 2.75) is 32.7 Å². The van der Waals surface area contributed by atoms with Crippen LogP contribution in [-0.4, -0.2) is 53.7 Å². The average Bonchev–Trinajstić information content (AvgIpc) is 2.92. The predicted octanol–water partition coefficient (Wildman–Crippen LogP) is 3.96. The molecule has 1 N–H and O–H groups in total. The van der Waals surface area contributed by atoms with Crippen LogP contribution in [0.1, 0.15) is 22.8 Å². The van der Waals surface area contributed by atoms with E-state index in [1.165, 1.54) is 19.4 Å². The summed E-state index contributed by atoms with van der Waals surface area (Å²) in [6.07, 6.45) is 1.45. The van der Waals surface area contributed by atoms with Crippen LogP contribution in [0.2, 0.25) is 0 Å². The Balaban J connectivity index is 1.60. The van der Waals surface area contributed by atoms with Gasteiger partial charge < -0.3 is 18.9 Å². The van der Waals surface area contributed by atoms with Gasteiger partial charge in [0, 0.05) is 17.6 Å². The van der Waals surface area contributed by atoms with Gasteiger partial charge in [0.2, 0.25) is 5.75 Å². The number of nitrogens with one attached hydrogen (secondary N) is 1. The number of pyridine rings is 1. The SMILES string of the molecule is COc1ccccc1Oc1c(NS(=O)(=O)c2ccc(C)cn2)nc(C)nc1OCC#CCOc1nc(C)cc(C)n1. The molecule has 12 nitrogen and oxygen atoms in total. The van der Waals surface area contributed by atoms with Crippen molar-refractivity contribution in [2.24, 2.45) is 0 Å². The highest BCUT2D eigenvalue weighted by Gasteiger charge is 2.24. The van der Waals surface area contributed by atoms with Gasteiger partial charge in [-0.15, -0.1) is 0 Å². The molecule has 212 valence electrons. The molecule has 4 rings (SSSR count). The number of aromatic nitrogens is 5. The standard InChI is InChI=1S/C28H28N6O6S/c1-18-12-13-24(29-17-18)41(35,36)34-26-25(40-23-11-7-6-10-22(23)37-5)27(33-21(4)32-26)38-14-8-9-15-39-28-30-19(2)16-20(3)31-28/h6-7,10-13,16-17H,14-15H2,1-5H3,(H,32,33,34). The van der Waals surface area contributed by atoms with Gasteiger partial charge in [0.15, 0.2) is 35.6 Å². The number of sulfonamides is 1. The molecule has 0 radical (unpaired) electrons. The zero-order valence-corrected chi connectivity index (χ0v) is 23.9. The number of anilines is 1. The van der Waals surface area contributed by atoms with E-state index in [2.05, 4.69) is 41.5 Å². The highest BCUT2D eigenvalue weighted by molar-refractivity contribution is 7.92. The monoisotopic (exact) mass is 576 g/mol. The van der Waals surface area contributed by atoms with E-state index in [0.717, 1.165) is 17.0 Å². The number of methoxy groups -OCH3 is 1. The molecular weight excluding hydrogens is 548 g/mol. The average molecular weight is 577 g/mol. The summed E-state index contributed by atoms with van der Waals surface area (Å²) in [7, 11) is -2.65. The number of ether oxygens (including phenoxy) is 4. The Bertz CT molecular complexity index is 1680. The Morgan fingerprint density at radius 3 is 2.20 bits per heavy atom. The first kappa shape index (κ1) is 29.0. The second kappa shape index (κ2) is 12.9. The van der Waals surface area contributed by atoms with Gasteiger partial charge in [-0.1, -0.05) is 30.0 Å². The largest absolute Gasteiger partial charge is 0.493 e. The summed E-state index contributed by atoms with van der Waals surface area (Å²) in [5.74, 6) is 6.29. The lowest BCUT2D eigenvalue weighted by molar-refractivity contribution is 0.321. The van der Waals surface area contributed by atoms with Gasteiger partial charge in [0.25, 0.3) is 15.9 Å². The van der Waals surface area contributed by atoms with Crippen LogP contribution in [0.4, 0.5) is 5.82 Å². The van der Waals surface area contributed by atoms with E-state index in [0.29, 0.717) is 5.75 Å². The first-order chi connectivity index (χ1) is 19.6. The van der Waals surface area contributed by atoms with Crippen LogP contribution in [0, 0.1) is 39.5 Å². The van der Waals surface area contributed by atoms with Gasteiger partial charge in [-0.25, -0.2) is 19.9 Å². The molecule has 0 aliphatic heterocycles. The van der Waals surface area contributed by atoms with Gasteiger partial charge in [0.05, 0.1) is 7.11 Å². The van der Waals surface area contributed by atoms with Gasteiger partial charge in [0.1, 0.15) is 5.82 Å². The molecule has 13 heteroatoms. The third-order valence-corrected chi connectivity index (χ3v) is 6.51. The van der Waals surface area contributed by atoms with Crippen LogP contribution in [0.5, 0.6) is 29.1 Å². The zero-order valence-electron chi connectivity index (χ0n) is 23.1. The van der Waals surface area contributed by atoms with E-state index in [-0.39, 0.29) is 53.3 Å². The van der Waals surface area contributed by atoms with Crippen molar-refractivity contribution in [1.82, 2.24) is 24.9 Å². The molecule has 3 heterocycles. The molecule has 0 bridgehead atoms. The number of rotatable bonds is 10. The number of benzene rings is 1. The van der Waals surface area contributed by atoms with Gasteiger partial charge in [-0.05, 0) is 57.5 Å². The number of hydrogen-bond acceptors (Lipinski definition) is 11. The first-order valence-electron chi connectivity index (χ1n) is 12.3. The van der Waals surface area contributed by atoms with E-state index < -0.39 is 10.0 Å². The van der Waals surface area contributed by atoms with Crippen molar-refractivity contribution in [2.75, 3.05) is 25.0 Å². The molecule has 0 spiro atoms. The maximum absolute atomic E-state index is 13.2. The van der Waals surface area contributed by atoms with E-state index in [1.807, 2.05) is 19.9 Å². The fraction of sp³-hybridized carbons (Fsp3) is 0.250. The van der Waals surface area contributed by atoms with Crippen molar-refractivity contribution >= 4 is 15.8 Å². The number of hydrogen-bond donors (Lipinski definition) is 1. The molecule has 3 aromatic heterocycles.